The summed E-state index contributed by atoms with van der Waals surface area (Å²) in [5.74, 6) is -0.104. The van der Waals surface area contributed by atoms with Crippen LogP contribution >= 0.6 is 15.9 Å². The van der Waals surface area contributed by atoms with Gasteiger partial charge in [0.05, 0.1) is 24.3 Å². The number of carbonyl (C=O) groups is 2. The van der Waals surface area contributed by atoms with Gasteiger partial charge in [0.2, 0.25) is 0 Å². The van der Waals surface area contributed by atoms with Crippen LogP contribution in [-0.4, -0.2) is 31.1 Å². The summed E-state index contributed by atoms with van der Waals surface area (Å²) in [6.07, 6.45) is 0.435. The second kappa shape index (κ2) is 7.13. The highest BCUT2D eigenvalue weighted by Crippen LogP contribution is 2.33. The molecule has 0 aliphatic rings. The van der Waals surface area contributed by atoms with Gasteiger partial charge in [0.1, 0.15) is 11.5 Å². The molecule has 0 aliphatic carbocycles. The Hall–Kier alpha value is -1.56. The summed E-state index contributed by atoms with van der Waals surface area (Å²) >= 11 is 3.31. The molecular formula is C13H15BrO5. The predicted octanol–water partition coefficient (Wildman–Crippen LogP) is 2.90. The molecule has 0 unspecified atom stereocenters. The Morgan fingerprint density at radius 2 is 1.79 bits per heavy atom. The van der Waals surface area contributed by atoms with Crippen molar-refractivity contribution in [2.75, 3.05) is 14.2 Å². The van der Waals surface area contributed by atoms with Gasteiger partial charge in [-0.05, 0) is 34.5 Å². The number of Topliss-reactive ketones (excluding diaryl/α,β-unsaturated/α-hetero) is 1. The molecule has 0 aromatic heterocycles. The van der Waals surface area contributed by atoms with E-state index in [-0.39, 0.29) is 18.6 Å². The molecule has 6 heteroatoms. The maximum absolute atomic E-state index is 12.0. The molecule has 0 saturated heterocycles. The molecule has 104 valence electrons. The second-order valence-electron chi connectivity index (χ2n) is 3.86. The molecular weight excluding hydrogens is 316 g/mol. The van der Waals surface area contributed by atoms with Crippen molar-refractivity contribution in [1.29, 1.82) is 0 Å². The molecule has 0 radical (unpaired) electrons. The van der Waals surface area contributed by atoms with E-state index in [4.69, 9.17) is 14.6 Å². The quantitative estimate of drug-likeness (QED) is 0.778. The van der Waals surface area contributed by atoms with E-state index < -0.39 is 5.97 Å². The van der Waals surface area contributed by atoms with Crippen molar-refractivity contribution in [3.05, 3.63) is 22.2 Å². The molecule has 5 nitrogen and oxygen atoms in total. The van der Waals surface area contributed by atoms with Crippen LogP contribution in [0.5, 0.6) is 11.5 Å². The zero-order chi connectivity index (χ0) is 14.4. The van der Waals surface area contributed by atoms with E-state index in [1.54, 1.807) is 12.1 Å². The van der Waals surface area contributed by atoms with Crippen LogP contribution in [0.4, 0.5) is 0 Å². The molecule has 1 aromatic rings. The summed E-state index contributed by atoms with van der Waals surface area (Å²) in [7, 11) is 2.98. The summed E-state index contributed by atoms with van der Waals surface area (Å²) in [4.78, 5) is 22.5. The van der Waals surface area contributed by atoms with Crippen molar-refractivity contribution in [3.8, 4) is 11.5 Å². The third-order valence-corrected chi connectivity index (χ3v) is 3.19. The van der Waals surface area contributed by atoms with Gasteiger partial charge in [0.15, 0.2) is 5.78 Å². The Morgan fingerprint density at radius 1 is 1.16 bits per heavy atom. The van der Waals surface area contributed by atoms with Crippen LogP contribution in [0.25, 0.3) is 0 Å². The summed E-state index contributed by atoms with van der Waals surface area (Å²) in [6, 6.07) is 3.25. The number of ether oxygens (including phenoxy) is 2. The Labute approximate surface area is 119 Å². The van der Waals surface area contributed by atoms with Gasteiger partial charge in [-0.1, -0.05) is 0 Å². The van der Waals surface area contributed by atoms with E-state index in [1.807, 2.05) is 0 Å². The molecule has 0 amide bonds. The highest BCUT2D eigenvalue weighted by molar-refractivity contribution is 9.10. The molecule has 0 atom stereocenters. The zero-order valence-corrected chi connectivity index (χ0v) is 12.3. The first-order valence-corrected chi connectivity index (χ1v) is 6.45. The first-order chi connectivity index (χ1) is 8.99. The second-order valence-corrected chi connectivity index (χ2v) is 4.71. The maximum Gasteiger partial charge on any atom is 0.303 e. The van der Waals surface area contributed by atoms with E-state index in [0.29, 0.717) is 28.0 Å². The van der Waals surface area contributed by atoms with Gasteiger partial charge < -0.3 is 14.6 Å². The van der Waals surface area contributed by atoms with Gasteiger partial charge >= 0.3 is 5.97 Å². The predicted molar refractivity (Wildman–Crippen MR) is 73.1 cm³/mol. The van der Waals surface area contributed by atoms with Crippen molar-refractivity contribution in [2.24, 2.45) is 0 Å². The zero-order valence-electron chi connectivity index (χ0n) is 10.7. The smallest absolute Gasteiger partial charge is 0.303 e. The van der Waals surface area contributed by atoms with E-state index in [0.717, 1.165) is 0 Å². The largest absolute Gasteiger partial charge is 0.496 e. The highest BCUT2D eigenvalue weighted by atomic mass is 79.9. The Kier molecular flexibility index (Phi) is 5.82. The standard InChI is InChI=1S/C13H15BrO5/c1-18-11-7-9(14)12(19-2)6-8(11)10(15)4-3-5-13(16)17/h6-7H,3-5H2,1-2H3,(H,16,17). The lowest BCUT2D eigenvalue weighted by Crippen LogP contribution is -2.05. The lowest BCUT2D eigenvalue weighted by Gasteiger charge is -2.11. The van der Waals surface area contributed by atoms with Gasteiger partial charge in [-0.2, -0.15) is 0 Å². The summed E-state index contributed by atoms with van der Waals surface area (Å²) in [5.41, 5.74) is 0.396. The van der Waals surface area contributed by atoms with E-state index in [9.17, 15) is 9.59 Å². The number of ketones is 1. The van der Waals surface area contributed by atoms with E-state index in [1.165, 1.54) is 14.2 Å². The van der Waals surface area contributed by atoms with Crippen LogP contribution in [0.15, 0.2) is 16.6 Å². The number of aliphatic carboxylic acids is 1. The minimum atomic E-state index is -0.909. The lowest BCUT2D eigenvalue weighted by atomic mass is 10.0. The van der Waals surface area contributed by atoms with Crippen LogP contribution in [0.3, 0.4) is 0 Å². The monoisotopic (exact) mass is 330 g/mol. The number of hydrogen-bond donors (Lipinski definition) is 1. The molecule has 1 N–H and O–H groups in total. The number of rotatable bonds is 7. The van der Waals surface area contributed by atoms with E-state index >= 15 is 0 Å². The fourth-order valence-corrected chi connectivity index (χ4v) is 2.10. The fourth-order valence-electron chi connectivity index (χ4n) is 1.61. The minimum Gasteiger partial charge on any atom is -0.496 e. The van der Waals surface area contributed by atoms with Crippen LogP contribution in [0.1, 0.15) is 29.6 Å². The number of methoxy groups -OCH3 is 2. The molecule has 19 heavy (non-hydrogen) atoms. The number of hydrogen-bond acceptors (Lipinski definition) is 4. The third-order valence-electron chi connectivity index (χ3n) is 2.57. The summed E-state index contributed by atoms with van der Waals surface area (Å²) in [6.45, 7) is 0. The fraction of sp³-hybridized carbons (Fsp3) is 0.385. The Morgan fingerprint density at radius 3 is 2.32 bits per heavy atom. The third kappa shape index (κ3) is 4.24. The Balaban J connectivity index is 2.91. The minimum absolute atomic E-state index is 0.0261. The normalized spacial score (nSPS) is 10.1. The van der Waals surface area contributed by atoms with Crippen molar-refractivity contribution >= 4 is 27.7 Å². The topological polar surface area (TPSA) is 72.8 Å². The van der Waals surface area contributed by atoms with Gasteiger partial charge in [-0.25, -0.2) is 0 Å². The van der Waals surface area contributed by atoms with Crippen molar-refractivity contribution in [2.45, 2.75) is 19.3 Å². The van der Waals surface area contributed by atoms with Gasteiger partial charge in [0, 0.05) is 12.8 Å². The number of carboxylic acid groups (broad SMARTS) is 1. The average molecular weight is 331 g/mol. The number of halogens is 1. The summed E-state index contributed by atoms with van der Waals surface area (Å²) < 4.78 is 11.0. The Bertz CT molecular complexity index is 484. The van der Waals surface area contributed by atoms with Crippen LogP contribution in [0.2, 0.25) is 0 Å². The molecule has 1 rings (SSSR count). The van der Waals surface area contributed by atoms with E-state index in [2.05, 4.69) is 15.9 Å². The van der Waals surface area contributed by atoms with Crippen molar-refractivity contribution < 1.29 is 24.2 Å². The summed E-state index contributed by atoms with van der Waals surface area (Å²) in [5, 5.41) is 8.55. The highest BCUT2D eigenvalue weighted by Gasteiger charge is 2.16. The molecule has 1 aromatic carbocycles. The molecule has 0 bridgehead atoms. The lowest BCUT2D eigenvalue weighted by molar-refractivity contribution is -0.137. The molecule has 0 fully saturated rings. The molecule has 0 aliphatic heterocycles. The van der Waals surface area contributed by atoms with Crippen LogP contribution in [0, 0.1) is 0 Å². The number of benzene rings is 1. The van der Waals surface area contributed by atoms with Gasteiger partial charge in [-0.3, -0.25) is 9.59 Å². The van der Waals surface area contributed by atoms with Crippen LogP contribution in [-0.2, 0) is 4.79 Å². The number of carbonyl (C=O) groups excluding carboxylic acids is 1. The first kappa shape index (κ1) is 15.5. The van der Waals surface area contributed by atoms with Crippen molar-refractivity contribution in [3.63, 3.8) is 0 Å². The number of carboxylic acids is 1. The van der Waals surface area contributed by atoms with Crippen molar-refractivity contribution in [1.82, 2.24) is 0 Å². The van der Waals surface area contributed by atoms with Gasteiger partial charge in [0.25, 0.3) is 0 Å². The molecule has 0 saturated carbocycles. The molecule has 0 heterocycles. The van der Waals surface area contributed by atoms with Crippen LogP contribution < -0.4 is 9.47 Å². The molecule has 0 spiro atoms. The first-order valence-electron chi connectivity index (χ1n) is 5.66. The maximum atomic E-state index is 12.0. The SMILES string of the molecule is COc1cc(C(=O)CCCC(=O)O)c(OC)cc1Br. The van der Waals surface area contributed by atoms with Gasteiger partial charge in [-0.15, -0.1) is 0 Å². The average Bonchev–Trinajstić information content (AvgIpc) is 2.37.